The van der Waals surface area contributed by atoms with Crippen molar-refractivity contribution in [3.05, 3.63) is 0 Å². The topological polar surface area (TPSA) is 40.5 Å². The van der Waals surface area contributed by atoms with E-state index >= 15 is 0 Å². The summed E-state index contributed by atoms with van der Waals surface area (Å²) in [6, 6.07) is 0.591. The van der Waals surface area contributed by atoms with E-state index in [1.54, 1.807) is 0 Å². The van der Waals surface area contributed by atoms with E-state index in [0.29, 0.717) is 11.5 Å². The molecular weight excluding hydrogens is 202 g/mol. The van der Waals surface area contributed by atoms with Crippen LogP contribution in [0.4, 0.5) is 0 Å². The first-order valence-electron chi connectivity index (χ1n) is 6.33. The van der Waals surface area contributed by atoms with Crippen LogP contribution in [0.3, 0.4) is 0 Å². The first-order chi connectivity index (χ1) is 7.35. The zero-order chi connectivity index (χ0) is 12.0. The minimum absolute atomic E-state index is 0.365. The van der Waals surface area contributed by atoms with Crippen LogP contribution in [-0.2, 0) is 4.79 Å². The SMILES string of the molecule is CC1(C(=O)O)CCN(C2CCCC2(C)C)C1. The van der Waals surface area contributed by atoms with Crippen molar-refractivity contribution in [3.63, 3.8) is 0 Å². The second kappa shape index (κ2) is 3.73. The number of carboxylic acid groups (broad SMARTS) is 1. The Morgan fingerprint density at radius 2 is 2.00 bits per heavy atom. The number of rotatable bonds is 2. The minimum Gasteiger partial charge on any atom is -0.481 e. The summed E-state index contributed by atoms with van der Waals surface area (Å²) in [4.78, 5) is 13.6. The summed E-state index contributed by atoms with van der Waals surface area (Å²) in [6.45, 7) is 8.22. The van der Waals surface area contributed by atoms with Crippen LogP contribution in [0.25, 0.3) is 0 Å². The molecule has 3 nitrogen and oxygen atoms in total. The average Bonchev–Trinajstić information content (AvgIpc) is 2.70. The van der Waals surface area contributed by atoms with Crippen LogP contribution in [0.1, 0.15) is 46.5 Å². The molecule has 0 radical (unpaired) electrons. The van der Waals surface area contributed by atoms with E-state index < -0.39 is 11.4 Å². The number of likely N-dealkylation sites (tertiary alicyclic amines) is 1. The van der Waals surface area contributed by atoms with Gasteiger partial charge in [0.05, 0.1) is 5.41 Å². The zero-order valence-corrected chi connectivity index (χ0v) is 10.6. The van der Waals surface area contributed by atoms with Gasteiger partial charge in [-0.05, 0) is 38.1 Å². The van der Waals surface area contributed by atoms with Gasteiger partial charge in [0.2, 0.25) is 0 Å². The van der Waals surface area contributed by atoms with E-state index in [0.717, 1.165) is 19.5 Å². The summed E-state index contributed by atoms with van der Waals surface area (Å²) in [5, 5.41) is 9.24. The molecule has 0 aromatic carbocycles. The maximum Gasteiger partial charge on any atom is 0.310 e. The van der Waals surface area contributed by atoms with Gasteiger partial charge in [0, 0.05) is 12.6 Å². The summed E-state index contributed by atoms with van der Waals surface area (Å²) < 4.78 is 0. The number of hydrogen-bond donors (Lipinski definition) is 1. The van der Waals surface area contributed by atoms with Crippen LogP contribution in [0.2, 0.25) is 0 Å². The molecule has 0 spiro atoms. The van der Waals surface area contributed by atoms with Crippen molar-refractivity contribution in [1.82, 2.24) is 4.90 Å². The Hall–Kier alpha value is -0.570. The van der Waals surface area contributed by atoms with Gasteiger partial charge < -0.3 is 5.11 Å². The van der Waals surface area contributed by atoms with Crippen molar-refractivity contribution < 1.29 is 9.90 Å². The molecule has 2 aliphatic rings. The predicted octanol–water partition coefficient (Wildman–Crippen LogP) is 2.36. The number of carboxylic acids is 1. The highest BCUT2D eigenvalue weighted by atomic mass is 16.4. The molecule has 1 aliphatic carbocycles. The third kappa shape index (κ3) is 1.86. The largest absolute Gasteiger partial charge is 0.481 e. The number of aliphatic carboxylic acids is 1. The van der Waals surface area contributed by atoms with Crippen LogP contribution in [0.15, 0.2) is 0 Å². The number of carbonyl (C=O) groups is 1. The predicted molar refractivity (Wildman–Crippen MR) is 63.4 cm³/mol. The lowest BCUT2D eigenvalue weighted by atomic mass is 9.86. The fourth-order valence-corrected chi connectivity index (χ4v) is 3.42. The molecule has 2 rings (SSSR count). The molecule has 0 aromatic rings. The van der Waals surface area contributed by atoms with Crippen LogP contribution in [0.5, 0.6) is 0 Å². The third-order valence-electron chi connectivity index (χ3n) is 4.66. The van der Waals surface area contributed by atoms with Gasteiger partial charge in [0.15, 0.2) is 0 Å². The second-order valence-electron chi connectivity index (χ2n) is 6.48. The Bertz CT molecular complexity index is 300. The molecule has 1 aliphatic heterocycles. The van der Waals surface area contributed by atoms with Gasteiger partial charge in [-0.15, -0.1) is 0 Å². The Morgan fingerprint density at radius 1 is 1.31 bits per heavy atom. The van der Waals surface area contributed by atoms with Gasteiger partial charge in [0.1, 0.15) is 0 Å². The maximum atomic E-state index is 11.2. The number of hydrogen-bond acceptors (Lipinski definition) is 2. The standard InChI is InChI=1S/C13H23NO2/c1-12(2)6-4-5-10(12)14-8-7-13(3,9-14)11(15)16/h10H,4-9H2,1-3H3,(H,15,16). The second-order valence-corrected chi connectivity index (χ2v) is 6.48. The summed E-state index contributed by atoms with van der Waals surface area (Å²) >= 11 is 0. The molecule has 1 N–H and O–H groups in total. The summed E-state index contributed by atoms with van der Waals surface area (Å²) in [5.41, 5.74) is -0.150. The first-order valence-corrected chi connectivity index (χ1v) is 6.33. The van der Waals surface area contributed by atoms with Gasteiger partial charge in [-0.25, -0.2) is 0 Å². The molecule has 0 bridgehead atoms. The lowest BCUT2D eigenvalue weighted by Gasteiger charge is -2.35. The Kier molecular flexibility index (Phi) is 2.77. The highest BCUT2D eigenvalue weighted by molar-refractivity contribution is 5.74. The summed E-state index contributed by atoms with van der Waals surface area (Å²) in [7, 11) is 0. The molecule has 2 unspecified atom stereocenters. The Labute approximate surface area is 97.8 Å². The molecule has 0 amide bonds. The molecule has 3 heteroatoms. The van der Waals surface area contributed by atoms with E-state index in [1.165, 1.54) is 19.3 Å². The fraction of sp³-hybridized carbons (Fsp3) is 0.923. The molecule has 1 saturated heterocycles. The summed E-state index contributed by atoms with van der Waals surface area (Å²) in [5.74, 6) is -0.634. The van der Waals surface area contributed by atoms with Crippen LogP contribution >= 0.6 is 0 Å². The quantitative estimate of drug-likeness (QED) is 0.784. The lowest BCUT2D eigenvalue weighted by molar-refractivity contribution is -0.147. The van der Waals surface area contributed by atoms with E-state index in [4.69, 9.17) is 0 Å². The fourth-order valence-electron chi connectivity index (χ4n) is 3.42. The van der Waals surface area contributed by atoms with E-state index in [9.17, 15) is 9.90 Å². The number of nitrogens with zero attached hydrogens (tertiary/aromatic N) is 1. The zero-order valence-electron chi connectivity index (χ0n) is 10.6. The normalized spacial score (nSPS) is 39.1. The van der Waals surface area contributed by atoms with E-state index in [1.807, 2.05) is 6.92 Å². The third-order valence-corrected chi connectivity index (χ3v) is 4.66. The summed E-state index contributed by atoms with van der Waals surface area (Å²) in [6.07, 6.45) is 4.60. The van der Waals surface area contributed by atoms with Crippen LogP contribution < -0.4 is 0 Å². The Balaban J connectivity index is 2.07. The van der Waals surface area contributed by atoms with Gasteiger partial charge in [-0.1, -0.05) is 20.3 Å². The van der Waals surface area contributed by atoms with Crippen molar-refractivity contribution in [3.8, 4) is 0 Å². The monoisotopic (exact) mass is 225 g/mol. The lowest BCUT2D eigenvalue weighted by Crippen LogP contribution is -2.42. The molecular formula is C13H23NO2. The van der Waals surface area contributed by atoms with Gasteiger partial charge in [-0.3, -0.25) is 9.69 Å². The minimum atomic E-state index is -0.634. The molecule has 1 heterocycles. The van der Waals surface area contributed by atoms with Crippen LogP contribution in [0, 0.1) is 10.8 Å². The molecule has 92 valence electrons. The smallest absolute Gasteiger partial charge is 0.310 e. The average molecular weight is 225 g/mol. The van der Waals surface area contributed by atoms with E-state index in [-0.39, 0.29) is 0 Å². The molecule has 0 aromatic heterocycles. The van der Waals surface area contributed by atoms with Gasteiger partial charge >= 0.3 is 5.97 Å². The van der Waals surface area contributed by atoms with Crippen molar-refractivity contribution in [2.24, 2.45) is 10.8 Å². The molecule has 2 atom stereocenters. The Morgan fingerprint density at radius 3 is 2.44 bits per heavy atom. The highest BCUT2D eigenvalue weighted by Gasteiger charge is 2.47. The molecule has 16 heavy (non-hydrogen) atoms. The van der Waals surface area contributed by atoms with Crippen molar-refractivity contribution in [2.75, 3.05) is 13.1 Å². The van der Waals surface area contributed by atoms with Crippen molar-refractivity contribution in [1.29, 1.82) is 0 Å². The maximum absolute atomic E-state index is 11.2. The van der Waals surface area contributed by atoms with Gasteiger partial charge in [0.25, 0.3) is 0 Å². The first kappa shape index (κ1) is 11.9. The van der Waals surface area contributed by atoms with Crippen LogP contribution in [-0.4, -0.2) is 35.1 Å². The molecule has 2 fully saturated rings. The molecule has 1 saturated carbocycles. The van der Waals surface area contributed by atoms with Crippen molar-refractivity contribution >= 4 is 5.97 Å². The highest BCUT2D eigenvalue weighted by Crippen LogP contribution is 2.44. The van der Waals surface area contributed by atoms with Gasteiger partial charge in [-0.2, -0.15) is 0 Å². The van der Waals surface area contributed by atoms with Crippen molar-refractivity contribution in [2.45, 2.75) is 52.5 Å². The van der Waals surface area contributed by atoms with E-state index in [2.05, 4.69) is 18.7 Å².